The monoisotopic (exact) mass is 329 g/mol. The molecule has 1 aliphatic heterocycles. The first-order chi connectivity index (χ1) is 11.1. The van der Waals surface area contributed by atoms with Gasteiger partial charge in [0.1, 0.15) is 5.82 Å². The highest BCUT2D eigenvalue weighted by Crippen LogP contribution is 2.31. The molecule has 1 aromatic carbocycles. The Hall–Kier alpha value is -2.07. The van der Waals surface area contributed by atoms with Gasteiger partial charge < -0.3 is 10.6 Å². The van der Waals surface area contributed by atoms with Crippen molar-refractivity contribution in [1.29, 1.82) is 0 Å². The van der Waals surface area contributed by atoms with Crippen molar-refractivity contribution in [1.82, 2.24) is 4.98 Å². The van der Waals surface area contributed by atoms with Crippen LogP contribution in [0.5, 0.6) is 0 Å². The lowest BCUT2D eigenvalue weighted by atomic mass is 9.92. The van der Waals surface area contributed by atoms with Gasteiger partial charge in [-0.3, -0.25) is 4.79 Å². The minimum atomic E-state index is -0.508. The molecule has 1 unspecified atom stereocenters. The van der Waals surface area contributed by atoms with Gasteiger partial charge in [-0.15, -0.1) is 0 Å². The number of carbonyl (C=O) groups excluding carboxylic acids is 1. The molecule has 23 heavy (non-hydrogen) atoms. The topological polar surface area (TPSA) is 59.2 Å². The second kappa shape index (κ2) is 7.01. The van der Waals surface area contributed by atoms with Gasteiger partial charge in [0.25, 0.3) is 0 Å². The van der Waals surface area contributed by atoms with Gasteiger partial charge in [-0.2, -0.15) is 0 Å². The average molecular weight is 330 g/mol. The Bertz CT molecular complexity index is 690. The fourth-order valence-electron chi connectivity index (χ4n) is 3.16. The molecule has 0 aliphatic carbocycles. The number of rotatable bonds is 3. The molecular weight excluding hydrogens is 310 g/mol. The number of amides is 1. The predicted octanol–water partition coefficient (Wildman–Crippen LogP) is 3.61. The molecule has 1 fully saturated rings. The van der Waals surface area contributed by atoms with Gasteiger partial charge in [0.05, 0.1) is 10.6 Å². The molecule has 0 saturated carbocycles. The number of hydrogen-bond acceptors (Lipinski definition) is 3. The number of aromatic nitrogens is 1. The Morgan fingerprint density at radius 1 is 1.22 bits per heavy atom. The number of primary amides is 1. The molecule has 120 valence electrons. The van der Waals surface area contributed by atoms with Crippen LogP contribution in [0.15, 0.2) is 42.6 Å². The summed E-state index contributed by atoms with van der Waals surface area (Å²) in [5.41, 5.74) is 7.01. The van der Waals surface area contributed by atoms with E-state index in [0.29, 0.717) is 16.5 Å². The van der Waals surface area contributed by atoms with Crippen LogP contribution in [-0.4, -0.2) is 24.0 Å². The zero-order valence-corrected chi connectivity index (χ0v) is 13.7. The fourth-order valence-corrected chi connectivity index (χ4v) is 3.45. The molecule has 1 amide bonds. The van der Waals surface area contributed by atoms with Gasteiger partial charge >= 0.3 is 0 Å². The average Bonchev–Trinajstić information content (AvgIpc) is 2.81. The Labute approximate surface area is 141 Å². The molecule has 2 N–H and O–H groups in total. The lowest BCUT2D eigenvalue weighted by Gasteiger charge is -2.23. The fraction of sp³-hybridized carbons (Fsp3) is 0.333. The number of hydrogen-bond donors (Lipinski definition) is 1. The molecule has 0 radical (unpaired) electrons. The summed E-state index contributed by atoms with van der Waals surface area (Å²) in [7, 11) is 0. The van der Waals surface area contributed by atoms with Gasteiger partial charge in [-0.05, 0) is 36.8 Å². The van der Waals surface area contributed by atoms with E-state index in [9.17, 15) is 4.79 Å². The zero-order valence-electron chi connectivity index (χ0n) is 12.9. The minimum Gasteiger partial charge on any atom is -0.366 e. The third-order valence-corrected chi connectivity index (χ3v) is 4.68. The van der Waals surface area contributed by atoms with Crippen LogP contribution in [0.3, 0.4) is 0 Å². The molecule has 1 atom stereocenters. The molecular formula is C18H20ClN3O. The summed E-state index contributed by atoms with van der Waals surface area (Å²) in [5, 5.41) is 0.486. The lowest BCUT2D eigenvalue weighted by Crippen LogP contribution is -2.26. The van der Waals surface area contributed by atoms with Gasteiger partial charge in [0.15, 0.2) is 0 Å². The molecule has 3 rings (SSSR count). The summed E-state index contributed by atoms with van der Waals surface area (Å²) < 4.78 is 0. The van der Waals surface area contributed by atoms with Crippen LogP contribution >= 0.6 is 11.6 Å². The minimum absolute atomic E-state index is 0.343. The van der Waals surface area contributed by atoms with Crippen molar-refractivity contribution < 1.29 is 4.79 Å². The number of nitrogens with two attached hydrogens (primary N) is 1. The zero-order chi connectivity index (χ0) is 16.2. The van der Waals surface area contributed by atoms with Crippen molar-refractivity contribution in [2.75, 3.05) is 18.0 Å². The van der Waals surface area contributed by atoms with E-state index in [4.69, 9.17) is 17.3 Å². The Kier molecular flexibility index (Phi) is 4.82. The van der Waals surface area contributed by atoms with Crippen molar-refractivity contribution in [2.24, 2.45) is 5.73 Å². The first-order valence-corrected chi connectivity index (χ1v) is 8.28. The Morgan fingerprint density at radius 2 is 2.00 bits per heavy atom. The molecule has 0 spiro atoms. The molecule has 0 bridgehead atoms. The summed E-state index contributed by atoms with van der Waals surface area (Å²) in [4.78, 5) is 17.8. The number of nitrogens with zero attached hydrogens (tertiary/aromatic N) is 2. The third-order valence-electron chi connectivity index (χ3n) is 4.40. The van der Waals surface area contributed by atoms with Gasteiger partial charge in [-0.1, -0.05) is 41.9 Å². The van der Waals surface area contributed by atoms with E-state index >= 15 is 0 Å². The number of carbonyl (C=O) groups is 1. The maximum absolute atomic E-state index is 11.2. The molecule has 2 heterocycles. The second-order valence-corrected chi connectivity index (χ2v) is 6.33. The number of halogens is 1. The van der Waals surface area contributed by atoms with E-state index in [2.05, 4.69) is 40.2 Å². The lowest BCUT2D eigenvalue weighted by molar-refractivity contribution is 0.1000. The molecule has 1 aliphatic rings. The van der Waals surface area contributed by atoms with E-state index in [0.717, 1.165) is 38.2 Å². The first-order valence-electron chi connectivity index (χ1n) is 7.90. The largest absolute Gasteiger partial charge is 0.366 e. The number of pyridine rings is 1. The normalized spacial score (nSPS) is 18.5. The van der Waals surface area contributed by atoms with Crippen molar-refractivity contribution in [3.63, 3.8) is 0 Å². The van der Waals surface area contributed by atoms with Crippen LogP contribution in [0.2, 0.25) is 5.02 Å². The van der Waals surface area contributed by atoms with Crippen LogP contribution in [-0.2, 0) is 0 Å². The first kappa shape index (κ1) is 15.8. The van der Waals surface area contributed by atoms with Crippen LogP contribution in [0, 0.1) is 0 Å². The summed E-state index contributed by atoms with van der Waals surface area (Å²) in [6, 6.07) is 12.3. The van der Waals surface area contributed by atoms with Crippen molar-refractivity contribution in [2.45, 2.75) is 25.2 Å². The highest BCUT2D eigenvalue weighted by molar-refractivity contribution is 6.33. The summed E-state index contributed by atoms with van der Waals surface area (Å²) in [6.45, 7) is 1.83. The quantitative estimate of drug-likeness (QED) is 0.935. The van der Waals surface area contributed by atoms with Crippen LogP contribution in [0.1, 0.15) is 41.1 Å². The van der Waals surface area contributed by atoms with Gasteiger partial charge in [0, 0.05) is 19.3 Å². The van der Waals surface area contributed by atoms with E-state index in [-0.39, 0.29) is 0 Å². The van der Waals surface area contributed by atoms with Crippen molar-refractivity contribution in [3.05, 3.63) is 58.7 Å². The van der Waals surface area contributed by atoms with E-state index < -0.39 is 5.91 Å². The molecule has 2 aromatic rings. The molecule has 4 nitrogen and oxygen atoms in total. The maximum Gasteiger partial charge on any atom is 0.250 e. The SMILES string of the molecule is NC(=O)c1cnc(N2CCCC(c3ccccc3)CC2)c(Cl)c1. The standard InChI is InChI=1S/C18H20ClN3O/c19-16-11-15(17(20)23)12-21-18(16)22-9-4-7-14(8-10-22)13-5-2-1-3-6-13/h1-3,5-6,11-12,14H,4,7-10H2,(H2,20,23). The Balaban J connectivity index is 1.74. The molecule has 1 saturated heterocycles. The maximum atomic E-state index is 11.2. The van der Waals surface area contributed by atoms with Crippen LogP contribution in [0.4, 0.5) is 5.82 Å². The van der Waals surface area contributed by atoms with Crippen molar-refractivity contribution in [3.8, 4) is 0 Å². The summed E-state index contributed by atoms with van der Waals surface area (Å²) in [5.74, 6) is 0.807. The van der Waals surface area contributed by atoms with E-state index in [1.807, 2.05) is 0 Å². The second-order valence-electron chi connectivity index (χ2n) is 5.92. The third kappa shape index (κ3) is 3.64. The molecule has 1 aromatic heterocycles. The van der Waals surface area contributed by atoms with Gasteiger partial charge in [-0.25, -0.2) is 4.98 Å². The highest BCUT2D eigenvalue weighted by Gasteiger charge is 2.21. The smallest absolute Gasteiger partial charge is 0.250 e. The van der Waals surface area contributed by atoms with E-state index in [1.54, 1.807) is 6.07 Å². The van der Waals surface area contributed by atoms with E-state index in [1.165, 1.54) is 11.8 Å². The number of benzene rings is 1. The summed E-state index contributed by atoms with van der Waals surface area (Å²) in [6.07, 6.45) is 4.83. The van der Waals surface area contributed by atoms with Crippen molar-refractivity contribution >= 4 is 23.3 Å². The van der Waals surface area contributed by atoms with Crippen LogP contribution < -0.4 is 10.6 Å². The Morgan fingerprint density at radius 3 is 2.70 bits per heavy atom. The number of anilines is 1. The molecule has 5 heteroatoms. The van der Waals surface area contributed by atoms with Crippen LogP contribution in [0.25, 0.3) is 0 Å². The van der Waals surface area contributed by atoms with Gasteiger partial charge in [0.2, 0.25) is 5.91 Å². The predicted molar refractivity (Wildman–Crippen MR) is 93.0 cm³/mol. The highest BCUT2D eigenvalue weighted by atomic mass is 35.5. The summed E-state index contributed by atoms with van der Waals surface area (Å²) >= 11 is 6.30.